The van der Waals surface area contributed by atoms with Gasteiger partial charge in [0.25, 0.3) is 0 Å². The van der Waals surface area contributed by atoms with E-state index in [9.17, 15) is 9.90 Å². The SMILES string of the molecule is C=CC(=O)N1C2COCC1C(c1cc3cc(-c4ccccc4O)nnc3[nH]1)C2. The third-order valence-electron chi connectivity index (χ3n) is 5.75. The zero-order chi connectivity index (χ0) is 19.3. The number of para-hydroxylation sites is 1. The second kappa shape index (κ2) is 6.45. The molecule has 0 aliphatic carbocycles. The van der Waals surface area contributed by atoms with Crippen molar-refractivity contribution in [1.82, 2.24) is 20.1 Å². The summed E-state index contributed by atoms with van der Waals surface area (Å²) < 4.78 is 5.70. The molecule has 1 aromatic carbocycles. The van der Waals surface area contributed by atoms with Crippen LogP contribution in [0.25, 0.3) is 22.3 Å². The first kappa shape index (κ1) is 16.9. The second-order valence-electron chi connectivity index (χ2n) is 7.33. The number of benzene rings is 1. The molecule has 3 aromatic rings. The number of phenols is 1. The Kier molecular flexibility index (Phi) is 3.91. The molecule has 5 rings (SSSR count). The van der Waals surface area contributed by atoms with Crippen molar-refractivity contribution in [3.8, 4) is 17.0 Å². The number of carbonyl (C=O) groups is 1. The van der Waals surface area contributed by atoms with Crippen LogP contribution in [-0.2, 0) is 9.53 Å². The summed E-state index contributed by atoms with van der Waals surface area (Å²) in [6, 6.07) is 11.1. The lowest BCUT2D eigenvalue weighted by atomic mass is 9.96. The average molecular weight is 376 g/mol. The lowest BCUT2D eigenvalue weighted by Gasteiger charge is -2.34. The molecule has 7 heteroatoms. The van der Waals surface area contributed by atoms with Crippen molar-refractivity contribution in [2.75, 3.05) is 13.2 Å². The van der Waals surface area contributed by atoms with Crippen molar-refractivity contribution < 1.29 is 14.6 Å². The Balaban J connectivity index is 1.51. The maximum Gasteiger partial charge on any atom is 0.246 e. The van der Waals surface area contributed by atoms with E-state index in [1.165, 1.54) is 6.08 Å². The monoisotopic (exact) mass is 376 g/mol. The number of aromatic nitrogens is 3. The number of hydrogen-bond acceptors (Lipinski definition) is 5. The lowest BCUT2D eigenvalue weighted by molar-refractivity contribution is -0.135. The first-order valence-electron chi connectivity index (χ1n) is 9.33. The van der Waals surface area contributed by atoms with Crippen molar-refractivity contribution in [3.63, 3.8) is 0 Å². The summed E-state index contributed by atoms with van der Waals surface area (Å²) in [7, 11) is 0. The van der Waals surface area contributed by atoms with E-state index in [-0.39, 0.29) is 29.7 Å². The van der Waals surface area contributed by atoms with Gasteiger partial charge in [0.05, 0.1) is 31.0 Å². The van der Waals surface area contributed by atoms with Gasteiger partial charge in [-0.2, -0.15) is 0 Å². The Morgan fingerprint density at radius 1 is 1.29 bits per heavy atom. The van der Waals surface area contributed by atoms with Gasteiger partial charge in [0.2, 0.25) is 5.91 Å². The van der Waals surface area contributed by atoms with Crippen LogP contribution in [0.5, 0.6) is 5.75 Å². The van der Waals surface area contributed by atoms with Gasteiger partial charge < -0.3 is 19.7 Å². The number of nitrogens with zero attached hydrogens (tertiary/aromatic N) is 3. The summed E-state index contributed by atoms with van der Waals surface area (Å²) in [5.41, 5.74) is 2.98. The van der Waals surface area contributed by atoms with E-state index >= 15 is 0 Å². The molecule has 2 aliphatic heterocycles. The maximum atomic E-state index is 12.3. The van der Waals surface area contributed by atoms with E-state index in [0.29, 0.717) is 30.1 Å². The van der Waals surface area contributed by atoms with Gasteiger partial charge in [-0.3, -0.25) is 4.79 Å². The third-order valence-corrected chi connectivity index (χ3v) is 5.75. The molecule has 2 saturated heterocycles. The van der Waals surface area contributed by atoms with Crippen molar-refractivity contribution in [2.24, 2.45) is 0 Å². The molecule has 0 saturated carbocycles. The Morgan fingerprint density at radius 2 is 2.14 bits per heavy atom. The summed E-state index contributed by atoms with van der Waals surface area (Å²) in [6.45, 7) is 4.71. The molecule has 3 unspecified atom stereocenters. The number of phenolic OH excluding ortho intramolecular Hbond substituents is 1. The van der Waals surface area contributed by atoms with E-state index in [2.05, 4.69) is 27.8 Å². The Labute approximate surface area is 161 Å². The molecule has 2 bridgehead atoms. The van der Waals surface area contributed by atoms with Gasteiger partial charge in [-0.15, -0.1) is 10.2 Å². The smallest absolute Gasteiger partial charge is 0.246 e. The Hall–Kier alpha value is -3.19. The number of hydrogen-bond donors (Lipinski definition) is 2. The van der Waals surface area contributed by atoms with Crippen molar-refractivity contribution in [3.05, 3.63) is 54.7 Å². The van der Waals surface area contributed by atoms with E-state index in [4.69, 9.17) is 4.74 Å². The number of H-pyrrole nitrogens is 1. The number of aromatic hydroxyl groups is 1. The number of ether oxygens (including phenoxy) is 1. The van der Waals surface area contributed by atoms with Crippen LogP contribution in [0.3, 0.4) is 0 Å². The first-order chi connectivity index (χ1) is 13.7. The topological polar surface area (TPSA) is 91.3 Å². The minimum absolute atomic E-state index is 0.0112. The van der Waals surface area contributed by atoms with E-state index in [1.54, 1.807) is 12.1 Å². The van der Waals surface area contributed by atoms with Gasteiger partial charge in [-0.1, -0.05) is 18.7 Å². The third kappa shape index (κ3) is 2.58. The van der Waals surface area contributed by atoms with Gasteiger partial charge in [-0.05, 0) is 36.8 Å². The molecule has 2 N–H and O–H groups in total. The minimum Gasteiger partial charge on any atom is -0.507 e. The number of carbonyl (C=O) groups excluding carboxylic acids is 1. The van der Waals surface area contributed by atoms with Crippen LogP contribution in [0, 0.1) is 0 Å². The summed E-state index contributed by atoms with van der Waals surface area (Å²) in [5, 5.41) is 19.6. The van der Waals surface area contributed by atoms with Gasteiger partial charge in [-0.25, -0.2) is 0 Å². The highest BCUT2D eigenvalue weighted by molar-refractivity contribution is 5.88. The molecule has 28 heavy (non-hydrogen) atoms. The molecule has 2 aromatic heterocycles. The van der Waals surface area contributed by atoms with Crippen LogP contribution in [0.4, 0.5) is 0 Å². The number of morpholine rings is 1. The fourth-order valence-corrected chi connectivity index (χ4v) is 4.46. The lowest BCUT2D eigenvalue weighted by Crippen LogP contribution is -2.49. The normalized spacial score (nSPS) is 23.9. The van der Waals surface area contributed by atoms with Crippen molar-refractivity contribution in [2.45, 2.75) is 24.4 Å². The number of amides is 1. The van der Waals surface area contributed by atoms with Gasteiger partial charge in [0.15, 0.2) is 5.65 Å². The highest BCUT2D eigenvalue weighted by Crippen LogP contribution is 2.41. The fourth-order valence-electron chi connectivity index (χ4n) is 4.46. The van der Waals surface area contributed by atoms with Crippen LogP contribution >= 0.6 is 0 Å². The summed E-state index contributed by atoms with van der Waals surface area (Å²) in [5.74, 6) is 0.282. The van der Waals surface area contributed by atoms with Gasteiger partial charge >= 0.3 is 0 Å². The molecule has 2 aliphatic rings. The second-order valence-corrected chi connectivity index (χ2v) is 7.33. The zero-order valence-corrected chi connectivity index (χ0v) is 15.2. The highest BCUT2D eigenvalue weighted by atomic mass is 16.5. The Bertz CT molecular complexity index is 1080. The summed E-state index contributed by atoms with van der Waals surface area (Å²) in [6.07, 6.45) is 2.22. The largest absolute Gasteiger partial charge is 0.507 e. The summed E-state index contributed by atoms with van der Waals surface area (Å²) in [4.78, 5) is 17.6. The van der Waals surface area contributed by atoms with Gasteiger partial charge in [0.1, 0.15) is 5.75 Å². The molecule has 142 valence electrons. The number of aromatic amines is 1. The average Bonchev–Trinajstić information content (AvgIpc) is 3.23. The standard InChI is InChI=1S/C21H20N4O3/c1-2-20(27)25-13-9-15(18(25)11-28-10-13)16-7-12-8-17(23-24-21(12)22-16)14-5-3-4-6-19(14)26/h2-8,13,15,18,26H,1,9-11H2,(H,22,24). The van der Waals surface area contributed by atoms with E-state index in [0.717, 1.165) is 17.5 Å². The molecular weight excluding hydrogens is 356 g/mol. The fraction of sp³-hybridized carbons (Fsp3) is 0.286. The Morgan fingerprint density at radius 3 is 2.96 bits per heavy atom. The number of nitrogens with one attached hydrogen (secondary N) is 1. The van der Waals surface area contributed by atoms with E-state index < -0.39 is 0 Å². The van der Waals surface area contributed by atoms with Crippen LogP contribution < -0.4 is 0 Å². The van der Waals surface area contributed by atoms with E-state index in [1.807, 2.05) is 23.1 Å². The van der Waals surface area contributed by atoms with Crippen LogP contribution in [0.2, 0.25) is 0 Å². The van der Waals surface area contributed by atoms with Crippen molar-refractivity contribution >= 4 is 16.9 Å². The van der Waals surface area contributed by atoms with Gasteiger partial charge in [0, 0.05) is 22.6 Å². The number of fused-ring (bicyclic) bond motifs is 3. The quantitative estimate of drug-likeness (QED) is 0.686. The molecule has 1 amide bonds. The van der Waals surface area contributed by atoms with Crippen molar-refractivity contribution in [1.29, 1.82) is 0 Å². The molecule has 2 fully saturated rings. The molecule has 0 spiro atoms. The molecule has 3 atom stereocenters. The predicted octanol–water partition coefficient (Wildman–Crippen LogP) is 2.60. The molecular formula is C21H20N4O3. The first-order valence-corrected chi connectivity index (χ1v) is 9.33. The van der Waals surface area contributed by atoms with Crippen LogP contribution in [0.15, 0.2) is 49.1 Å². The maximum absolute atomic E-state index is 12.3. The predicted molar refractivity (Wildman–Crippen MR) is 104 cm³/mol. The number of rotatable bonds is 3. The van der Waals surface area contributed by atoms with Crippen LogP contribution in [0.1, 0.15) is 18.0 Å². The minimum atomic E-state index is -0.0430. The molecule has 0 radical (unpaired) electrons. The summed E-state index contributed by atoms with van der Waals surface area (Å²) >= 11 is 0. The zero-order valence-electron chi connectivity index (χ0n) is 15.2. The molecule has 7 nitrogen and oxygen atoms in total. The highest BCUT2D eigenvalue weighted by Gasteiger charge is 2.47. The van der Waals surface area contributed by atoms with Crippen LogP contribution in [-0.4, -0.2) is 56.4 Å². The molecule has 4 heterocycles.